The number of rotatable bonds is 12. The van der Waals surface area contributed by atoms with Crippen LogP contribution in [-0.2, 0) is 9.47 Å². The molecule has 0 radical (unpaired) electrons. The topological polar surface area (TPSA) is 155 Å². The maximum Gasteiger partial charge on any atom is 0.387 e. The molecule has 8 rings (SSSR count). The monoisotopic (exact) mass is 842 g/mol. The fourth-order valence-corrected chi connectivity index (χ4v) is 6.55. The molecule has 61 heavy (non-hydrogen) atoms. The minimum absolute atomic E-state index is 0.0106. The molecule has 14 nitrogen and oxygen atoms in total. The lowest BCUT2D eigenvalue weighted by Gasteiger charge is -2.24. The van der Waals surface area contributed by atoms with Crippen molar-refractivity contribution in [2.45, 2.75) is 32.4 Å². The molecule has 2 aliphatic heterocycles. The van der Waals surface area contributed by atoms with E-state index in [2.05, 4.69) is 40.9 Å². The number of ether oxygens (including phenoxy) is 4. The summed E-state index contributed by atoms with van der Waals surface area (Å²) in [6.07, 6.45) is 4.50. The van der Waals surface area contributed by atoms with Crippen LogP contribution in [0.4, 0.5) is 28.9 Å². The number of nitrogens with zero attached hydrogens (tertiary/aromatic N) is 4. The Labute approximate surface area is 347 Å². The van der Waals surface area contributed by atoms with Crippen molar-refractivity contribution in [1.29, 1.82) is 0 Å². The Morgan fingerprint density at radius 2 is 1.16 bits per heavy atom. The van der Waals surface area contributed by atoms with E-state index in [1.165, 1.54) is 41.3 Å². The van der Waals surface area contributed by atoms with Crippen LogP contribution >= 0.6 is 0 Å². The summed E-state index contributed by atoms with van der Waals surface area (Å²) in [7, 11) is 0. The first kappa shape index (κ1) is 42.5. The zero-order valence-electron chi connectivity index (χ0n) is 32.8. The van der Waals surface area contributed by atoms with Gasteiger partial charge in [0.2, 0.25) is 0 Å². The lowest BCUT2D eigenvalue weighted by molar-refractivity contribution is -0.0505. The zero-order chi connectivity index (χ0) is 42.7. The second kappa shape index (κ2) is 20.1. The van der Waals surface area contributed by atoms with Crippen LogP contribution in [0, 0.1) is 6.92 Å². The molecule has 2 aliphatic rings. The highest BCUT2D eigenvalue weighted by Gasteiger charge is 2.19. The van der Waals surface area contributed by atoms with E-state index >= 15 is 0 Å². The molecule has 4 heterocycles. The van der Waals surface area contributed by atoms with Crippen LogP contribution in [0.1, 0.15) is 49.7 Å². The molecular weight excluding hydrogens is 801 g/mol. The number of benzene rings is 4. The molecule has 0 unspecified atom stereocenters. The Bertz CT molecular complexity index is 2350. The molecule has 0 aliphatic carbocycles. The number of nitrogens with one attached hydrogen (secondary N) is 4. The van der Waals surface area contributed by atoms with E-state index in [1.54, 1.807) is 42.1 Å². The Hall–Kier alpha value is -6.60. The van der Waals surface area contributed by atoms with Gasteiger partial charge in [-0.15, -0.1) is 0 Å². The number of amides is 2. The van der Waals surface area contributed by atoms with Crippen molar-refractivity contribution in [3.05, 3.63) is 144 Å². The molecule has 0 saturated carbocycles. The smallest absolute Gasteiger partial charge is 0.387 e. The normalized spacial score (nSPS) is 16.4. The molecule has 6 aromatic rings. The Kier molecular flexibility index (Phi) is 14.0. The van der Waals surface area contributed by atoms with Gasteiger partial charge in [-0.1, -0.05) is 24.3 Å². The van der Waals surface area contributed by atoms with Crippen LogP contribution in [0.5, 0.6) is 11.5 Å². The molecule has 4 aromatic carbocycles. The summed E-state index contributed by atoms with van der Waals surface area (Å²) >= 11 is 0. The molecular formula is C43H42F4N8O6. The maximum absolute atomic E-state index is 12.7. The van der Waals surface area contributed by atoms with E-state index in [-0.39, 0.29) is 35.5 Å². The predicted molar refractivity (Wildman–Crippen MR) is 217 cm³/mol. The number of morpholine rings is 2. The van der Waals surface area contributed by atoms with Crippen LogP contribution in [0.2, 0.25) is 0 Å². The van der Waals surface area contributed by atoms with Crippen molar-refractivity contribution in [2.24, 2.45) is 0 Å². The number of carbonyl (C=O) groups excluding carboxylic acids is 2. The minimum atomic E-state index is -2.88. The van der Waals surface area contributed by atoms with Gasteiger partial charge in [0.05, 0.1) is 66.0 Å². The van der Waals surface area contributed by atoms with Crippen molar-refractivity contribution < 1.29 is 46.1 Å². The molecule has 2 atom stereocenters. The van der Waals surface area contributed by atoms with Crippen molar-refractivity contribution in [1.82, 2.24) is 30.2 Å². The molecule has 4 N–H and O–H groups in total. The molecule has 2 fully saturated rings. The van der Waals surface area contributed by atoms with Gasteiger partial charge in [0, 0.05) is 43.8 Å². The van der Waals surface area contributed by atoms with Crippen molar-refractivity contribution in [2.75, 3.05) is 50.0 Å². The average molecular weight is 843 g/mol. The van der Waals surface area contributed by atoms with Crippen molar-refractivity contribution in [3.8, 4) is 22.9 Å². The average Bonchev–Trinajstić information content (AvgIpc) is 3.93. The quantitative estimate of drug-likeness (QED) is 0.0940. The SMILES string of the molecule is Cc1c(C(=O)Nc2ccc([C@H]3CNCCO3)cc2)cnn1-c1ccc(OC(F)F)cc1.O=C(Nc1ccc([C@@H]2CNCCO2)cc1)c1cnn(-c2ccc(OC(F)F)cc2)c1. The fraction of sp³-hybridized carbons (Fsp3) is 0.256. The Balaban J connectivity index is 0.000000184. The Morgan fingerprint density at radius 3 is 1.64 bits per heavy atom. The molecule has 2 saturated heterocycles. The summed E-state index contributed by atoms with van der Waals surface area (Å²) in [6.45, 7) is 0.590. The van der Waals surface area contributed by atoms with Crippen molar-refractivity contribution >= 4 is 23.2 Å². The van der Waals surface area contributed by atoms with E-state index in [0.717, 1.165) is 37.3 Å². The molecule has 2 aromatic heterocycles. The van der Waals surface area contributed by atoms with Crippen LogP contribution < -0.4 is 30.7 Å². The number of halogens is 4. The molecule has 318 valence electrons. The van der Waals surface area contributed by atoms with Crippen LogP contribution in [0.25, 0.3) is 11.4 Å². The van der Waals surface area contributed by atoms with Crippen LogP contribution in [-0.4, -0.2) is 84.0 Å². The van der Waals surface area contributed by atoms with Gasteiger partial charge in [0.15, 0.2) is 0 Å². The lowest BCUT2D eigenvalue weighted by Crippen LogP contribution is -2.33. The third kappa shape index (κ3) is 11.4. The summed E-state index contributed by atoms with van der Waals surface area (Å²) in [4.78, 5) is 25.3. The van der Waals surface area contributed by atoms with E-state index in [9.17, 15) is 27.2 Å². The van der Waals surface area contributed by atoms with Gasteiger partial charge in [0.25, 0.3) is 11.8 Å². The van der Waals surface area contributed by atoms with Gasteiger partial charge < -0.3 is 40.2 Å². The summed E-state index contributed by atoms with van der Waals surface area (Å²) in [5.41, 5.74) is 6.07. The number of hydrogen-bond donors (Lipinski definition) is 4. The molecule has 0 bridgehead atoms. The lowest BCUT2D eigenvalue weighted by atomic mass is 10.1. The van der Waals surface area contributed by atoms with Crippen LogP contribution in [0.15, 0.2) is 116 Å². The number of anilines is 2. The molecule has 2 amide bonds. The molecule has 0 spiro atoms. The van der Waals surface area contributed by atoms with Gasteiger partial charge in [-0.25, -0.2) is 9.36 Å². The highest BCUT2D eigenvalue weighted by molar-refractivity contribution is 6.05. The van der Waals surface area contributed by atoms with Gasteiger partial charge in [-0.3, -0.25) is 9.59 Å². The van der Waals surface area contributed by atoms with E-state index in [0.29, 0.717) is 52.8 Å². The summed E-state index contributed by atoms with van der Waals surface area (Å²) < 4.78 is 72.3. The first-order valence-electron chi connectivity index (χ1n) is 19.3. The highest BCUT2D eigenvalue weighted by Crippen LogP contribution is 2.24. The number of aromatic nitrogens is 4. The maximum atomic E-state index is 12.7. The first-order valence-corrected chi connectivity index (χ1v) is 19.3. The van der Waals surface area contributed by atoms with Gasteiger partial charge >= 0.3 is 13.2 Å². The Morgan fingerprint density at radius 1 is 0.672 bits per heavy atom. The number of alkyl halides is 4. The number of hydrogen-bond acceptors (Lipinski definition) is 10. The minimum Gasteiger partial charge on any atom is -0.435 e. The predicted octanol–water partition coefficient (Wildman–Crippen LogP) is 7.08. The van der Waals surface area contributed by atoms with Gasteiger partial charge in [-0.2, -0.15) is 27.8 Å². The second-order valence-electron chi connectivity index (χ2n) is 13.8. The van der Waals surface area contributed by atoms with Gasteiger partial charge in [-0.05, 0) is 90.8 Å². The second-order valence-corrected chi connectivity index (χ2v) is 13.8. The third-order valence-electron chi connectivity index (χ3n) is 9.67. The third-order valence-corrected chi connectivity index (χ3v) is 9.67. The number of carbonyl (C=O) groups is 2. The molecule has 18 heteroatoms. The summed E-state index contributed by atoms with van der Waals surface area (Å²) in [6, 6.07) is 27.1. The fourth-order valence-electron chi connectivity index (χ4n) is 6.55. The summed E-state index contributed by atoms with van der Waals surface area (Å²) in [5.74, 6) is -0.483. The zero-order valence-corrected chi connectivity index (χ0v) is 32.8. The van der Waals surface area contributed by atoms with Crippen LogP contribution in [0.3, 0.4) is 0 Å². The largest absolute Gasteiger partial charge is 0.435 e. The highest BCUT2D eigenvalue weighted by atomic mass is 19.3. The first-order chi connectivity index (χ1) is 29.6. The summed E-state index contributed by atoms with van der Waals surface area (Å²) in [5, 5.41) is 20.7. The van der Waals surface area contributed by atoms with Crippen molar-refractivity contribution in [3.63, 3.8) is 0 Å². The van der Waals surface area contributed by atoms with Gasteiger partial charge in [0.1, 0.15) is 11.5 Å². The van der Waals surface area contributed by atoms with E-state index in [1.807, 2.05) is 48.5 Å². The van der Waals surface area contributed by atoms with E-state index in [4.69, 9.17) is 9.47 Å². The standard InChI is InChI=1S/C22H22F2N4O3.C21H20F2N4O3/c1-14-19(12-26-28(14)17-6-8-18(9-7-17)31-22(23)24)21(29)27-16-4-2-15(3-5-16)20-13-25-10-11-30-20;22-21(23)30-18-7-5-17(6-8-18)27-13-15(11-25-27)20(28)26-16-3-1-14(2-4-16)19-12-24-9-10-29-19/h2-9,12,20,22,25H,10-11,13H2,1H3,(H,27,29);1-8,11,13,19,21,24H,9-10,12H2,(H,26,28)/t20-;19-/m10/s1. The van der Waals surface area contributed by atoms with E-state index < -0.39 is 13.2 Å².